The van der Waals surface area contributed by atoms with Crippen LogP contribution in [0.2, 0.25) is 0 Å². The number of halogens is 2. The van der Waals surface area contributed by atoms with Crippen LogP contribution in [-0.2, 0) is 4.79 Å². The van der Waals surface area contributed by atoms with Gasteiger partial charge in [-0.1, -0.05) is 0 Å². The highest BCUT2D eigenvalue weighted by Gasteiger charge is 2.34. The van der Waals surface area contributed by atoms with Crippen LogP contribution in [-0.4, -0.2) is 18.1 Å². The molecular formula is C13H16F2N2O2. The van der Waals surface area contributed by atoms with E-state index in [4.69, 9.17) is 5.73 Å². The van der Waals surface area contributed by atoms with E-state index in [9.17, 15) is 13.6 Å². The van der Waals surface area contributed by atoms with Crippen LogP contribution in [0.1, 0.15) is 25.7 Å². The highest BCUT2D eigenvalue weighted by Crippen LogP contribution is 2.32. The van der Waals surface area contributed by atoms with E-state index < -0.39 is 6.61 Å². The van der Waals surface area contributed by atoms with Crippen molar-refractivity contribution in [2.24, 2.45) is 5.73 Å². The number of nitrogens with one attached hydrogen (secondary N) is 1. The molecule has 1 fully saturated rings. The van der Waals surface area contributed by atoms with Crippen molar-refractivity contribution in [1.29, 1.82) is 0 Å². The van der Waals surface area contributed by atoms with Gasteiger partial charge >= 0.3 is 6.61 Å². The van der Waals surface area contributed by atoms with E-state index in [0.29, 0.717) is 5.69 Å². The van der Waals surface area contributed by atoms with Crippen LogP contribution < -0.4 is 15.8 Å². The Morgan fingerprint density at radius 2 is 2.00 bits per heavy atom. The molecule has 0 radical (unpaired) electrons. The lowest BCUT2D eigenvalue weighted by molar-refractivity contribution is -0.118. The standard InChI is InChI=1S/C13H16F2N2O2/c14-12(15)19-10-4-2-9(3-5-10)17-11(18)8-13(16)6-1-7-13/h2-5,12H,1,6-8,16H2,(H,17,18). The Bertz CT molecular complexity index is 444. The second-order valence-electron chi connectivity index (χ2n) is 4.84. The molecule has 1 aliphatic rings. The molecule has 0 heterocycles. The quantitative estimate of drug-likeness (QED) is 0.864. The molecule has 0 atom stereocenters. The van der Waals surface area contributed by atoms with Crippen LogP contribution >= 0.6 is 0 Å². The number of ether oxygens (including phenoxy) is 1. The number of hydrogen-bond donors (Lipinski definition) is 2. The molecular weight excluding hydrogens is 254 g/mol. The van der Waals surface area contributed by atoms with Crippen molar-refractivity contribution in [2.45, 2.75) is 37.8 Å². The maximum atomic E-state index is 12.0. The predicted octanol–water partition coefficient (Wildman–Crippen LogP) is 2.50. The van der Waals surface area contributed by atoms with Crippen molar-refractivity contribution in [3.05, 3.63) is 24.3 Å². The minimum absolute atomic E-state index is 0.0577. The monoisotopic (exact) mass is 270 g/mol. The van der Waals surface area contributed by atoms with Crippen molar-refractivity contribution in [3.63, 3.8) is 0 Å². The van der Waals surface area contributed by atoms with Gasteiger partial charge in [-0.2, -0.15) is 8.78 Å². The molecule has 0 bridgehead atoms. The summed E-state index contributed by atoms with van der Waals surface area (Å²) < 4.78 is 28.1. The van der Waals surface area contributed by atoms with Gasteiger partial charge in [-0.15, -0.1) is 0 Å². The van der Waals surface area contributed by atoms with Crippen LogP contribution in [0.5, 0.6) is 5.75 Å². The van der Waals surface area contributed by atoms with Crippen molar-refractivity contribution in [3.8, 4) is 5.75 Å². The molecule has 0 aliphatic heterocycles. The first-order valence-corrected chi connectivity index (χ1v) is 6.10. The Labute approximate surface area is 109 Å². The zero-order chi connectivity index (χ0) is 13.9. The lowest BCUT2D eigenvalue weighted by Gasteiger charge is -2.37. The normalized spacial score (nSPS) is 16.8. The topological polar surface area (TPSA) is 64.4 Å². The smallest absolute Gasteiger partial charge is 0.387 e. The summed E-state index contributed by atoms with van der Waals surface area (Å²) in [6.07, 6.45) is 3.06. The van der Waals surface area contributed by atoms with Crippen LogP contribution in [0.25, 0.3) is 0 Å². The molecule has 1 aromatic carbocycles. The van der Waals surface area contributed by atoms with Crippen molar-refractivity contribution in [1.82, 2.24) is 0 Å². The second kappa shape index (κ2) is 5.52. The summed E-state index contributed by atoms with van der Waals surface area (Å²) in [6, 6.07) is 5.78. The Morgan fingerprint density at radius 3 is 2.47 bits per heavy atom. The number of carbonyl (C=O) groups excluding carboxylic acids is 1. The summed E-state index contributed by atoms with van der Waals surface area (Å²) in [5.74, 6) is -0.105. The third-order valence-corrected chi connectivity index (χ3v) is 3.23. The summed E-state index contributed by atoms with van der Waals surface area (Å²) in [7, 11) is 0. The van der Waals surface area contributed by atoms with Gasteiger partial charge in [0, 0.05) is 17.6 Å². The van der Waals surface area contributed by atoms with E-state index in [1.807, 2.05) is 0 Å². The Morgan fingerprint density at radius 1 is 1.37 bits per heavy atom. The number of benzene rings is 1. The van der Waals surface area contributed by atoms with Gasteiger partial charge in [-0.3, -0.25) is 4.79 Å². The van der Waals surface area contributed by atoms with Gasteiger partial charge in [0.05, 0.1) is 0 Å². The van der Waals surface area contributed by atoms with E-state index in [1.165, 1.54) is 24.3 Å². The van der Waals surface area contributed by atoms with Crippen molar-refractivity contribution < 1.29 is 18.3 Å². The lowest BCUT2D eigenvalue weighted by atomic mass is 9.75. The molecule has 2 rings (SSSR count). The maximum Gasteiger partial charge on any atom is 0.387 e. The van der Waals surface area contributed by atoms with Crippen LogP contribution in [0.15, 0.2) is 24.3 Å². The molecule has 1 aliphatic carbocycles. The van der Waals surface area contributed by atoms with Crippen molar-refractivity contribution >= 4 is 11.6 Å². The average molecular weight is 270 g/mol. The van der Waals surface area contributed by atoms with E-state index in [0.717, 1.165) is 19.3 Å². The molecule has 1 saturated carbocycles. The molecule has 104 valence electrons. The van der Waals surface area contributed by atoms with Gasteiger partial charge < -0.3 is 15.8 Å². The van der Waals surface area contributed by atoms with Crippen molar-refractivity contribution in [2.75, 3.05) is 5.32 Å². The fourth-order valence-corrected chi connectivity index (χ4v) is 2.05. The van der Waals surface area contributed by atoms with E-state index in [2.05, 4.69) is 10.1 Å². The molecule has 6 heteroatoms. The third-order valence-electron chi connectivity index (χ3n) is 3.23. The highest BCUT2D eigenvalue weighted by molar-refractivity contribution is 5.91. The molecule has 19 heavy (non-hydrogen) atoms. The van der Waals surface area contributed by atoms with Crippen LogP contribution in [0, 0.1) is 0 Å². The van der Waals surface area contributed by atoms with Gasteiger partial charge in [0.1, 0.15) is 5.75 Å². The van der Waals surface area contributed by atoms with E-state index in [-0.39, 0.29) is 23.6 Å². The fourth-order valence-electron chi connectivity index (χ4n) is 2.05. The molecule has 0 saturated heterocycles. The first kappa shape index (κ1) is 13.7. The van der Waals surface area contributed by atoms with Gasteiger partial charge in [-0.25, -0.2) is 0 Å². The largest absolute Gasteiger partial charge is 0.435 e. The molecule has 0 aromatic heterocycles. The zero-order valence-electron chi connectivity index (χ0n) is 10.4. The highest BCUT2D eigenvalue weighted by atomic mass is 19.3. The number of carbonyl (C=O) groups is 1. The Kier molecular flexibility index (Phi) is 3.99. The van der Waals surface area contributed by atoms with Gasteiger partial charge in [0.15, 0.2) is 0 Å². The number of rotatable bonds is 5. The molecule has 1 aromatic rings. The minimum Gasteiger partial charge on any atom is -0.435 e. The summed E-state index contributed by atoms with van der Waals surface area (Å²) in [5.41, 5.74) is 6.14. The molecule has 0 unspecified atom stereocenters. The maximum absolute atomic E-state index is 12.0. The zero-order valence-corrected chi connectivity index (χ0v) is 10.4. The summed E-state index contributed by atoms with van der Waals surface area (Å²) in [6.45, 7) is -2.85. The summed E-state index contributed by atoms with van der Waals surface area (Å²) >= 11 is 0. The molecule has 0 spiro atoms. The van der Waals surface area contributed by atoms with E-state index >= 15 is 0 Å². The first-order valence-electron chi connectivity index (χ1n) is 6.10. The van der Waals surface area contributed by atoms with Gasteiger partial charge in [0.2, 0.25) is 5.91 Å². The molecule has 1 amide bonds. The average Bonchev–Trinajstić information content (AvgIpc) is 2.29. The predicted molar refractivity (Wildman–Crippen MR) is 67.1 cm³/mol. The Hall–Kier alpha value is -1.69. The van der Waals surface area contributed by atoms with E-state index in [1.54, 1.807) is 0 Å². The van der Waals surface area contributed by atoms with Gasteiger partial charge in [0.25, 0.3) is 0 Å². The summed E-state index contributed by atoms with van der Waals surface area (Å²) in [4.78, 5) is 11.7. The Balaban J connectivity index is 1.86. The number of alkyl halides is 2. The molecule has 4 nitrogen and oxygen atoms in total. The number of anilines is 1. The lowest BCUT2D eigenvalue weighted by Crippen LogP contribution is -2.48. The fraction of sp³-hybridized carbons (Fsp3) is 0.462. The molecule has 3 N–H and O–H groups in total. The number of nitrogens with two attached hydrogens (primary N) is 1. The number of hydrogen-bond acceptors (Lipinski definition) is 3. The number of amides is 1. The SMILES string of the molecule is NC1(CC(=O)Nc2ccc(OC(F)F)cc2)CCC1. The first-order chi connectivity index (χ1) is 8.97. The van der Waals surface area contributed by atoms with Crippen LogP contribution in [0.3, 0.4) is 0 Å². The van der Waals surface area contributed by atoms with Gasteiger partial charge in [-0.05, 0) is 43.5 Å². The minimum atomic E-state index is -2.85. The second-order valence-corrected chi connectivity index (χ2v) is 4.84. The van der Waals surface area contributed by atoms with Crippen LogP contribution in [0.4, 0.5) is 14.5 Å². The third kappa shape index (κ3) is 3.89. The summed E-state index contributed by atoms with van der Waals surface area (Å²) in [5, 5.41) is 2.68.